The Labute approximate surface area is 198 Å². The van der Waals surface area contributed by atoms with Crippen molar-refractivity contribution in [1.29, 1.82) is 0 Å². The van der Waals surface area contributed by atoms with Gasteiger partial charge in [-0.25, -0.2) is 17.8 Å². The number of aliphatic hydroxyl groups excluding tert-OH is 2. The van der Waals surface area contributed by atoms with Crippen LogP contribution >= 0.6 is 27.5 Å². The van der Waals surface area contributed by atoms with E-state index in [4.69, 9.17) is 11.6 Å². The van der Waals surface area contributed by atoms with E-state index in [0.29, 0.717) is 40.0 Å². The molecule has 170 valence electrons. The third-order valence-corrected chi connectivity index (χ3v) is 8.25. The van der Waals surface area contributed by atoms with Crippen molar-refractivity contribution >= 4 is 37.6 Å². The standard InChI is InChI=1S/C21H20BrClFN3O4S/c22-16-5-1-12(7-18(16)24)19-9-25-21(26-19)13-2-6-17(23)20(8-13)32(30,31)27-10-14(28)3-4-15(29)11-27/h1-2,5-9,14-15,28-29H,3-4,10-11H2,(H,25,26)/t14-,15+. The number of imidazole rings is 1. The van der Waals surface area contributed by atoms with E-state index in [9.17, 15) is 23.0 Å². The molecule has 0 radical (unpaired) electrons. The van der Waals surface area contributed by atoms with Crippen molar-refractivity contribution in [3.63, 3.8) is 0 Å². The van der Waals surface area contributed by atoms with Gasteiger partial charge in [0.1, 0.15) is 16.5 Å². The first-order chi connectivity index (χ1) is 15.1. The Morgan fingerprint density at radius 1 is 1.09 bits per heavy atom. The first kappa shape index (κ1) is 23.3. The molecule has 1 aliphatic rings. The van der Waals surface area contributed by atoms with Gasteiger partial charge >= 0.3 is 0 Å². The van der Waals surface area contributed by atoms with Gasteiger partial charge in [-0.05, 0) is 59.1 Å². The lowest BCUT2D eigenvalue weighted by Gasteiger charge is -2.23. The number of aliphatic hydroxyl groups is 2. The van der Waals surface area contributed by atoms with E-state index in [2.05, 4.69) is 25.9 Å². The lowest BCUT2D eigenvalue weighted by Crippen LogP contribution is -2.39. The topological polar surface area (TPSA) is 107 Å². The molecule has 4 rings (SSSR count). The minimum Gasteiger partial charge on any atom is -0.392 e. The predicted octanol–water partition coefficient (Wildman–Crippen LogP) is 3.81. The summed E-state index contributed by atoms with van der Waals surface area (Å²) in [7, 11) is -4.08. The Kier molecular flexibility index (Phi) is 6.71. The average Bonchev–Trinajstić information content (AvgIpc) is 3.17. The summed E-state index contributed by atoms with van der Waals surface area (Å²) in [5.41, 5.74) is 1.61. The number of hydrogen-bond donors (Lipinski definition) is 3. The quantitative estimate of drug-likeness (QED) is 0.463. The van der Waals surface area contributed by atoms with Crippen LogP contribution in [-0.4, -0.2) is 58.2 Å². The Hall–Kier alpha value is -1.82. The van der Waals surface area contributed by atoms with E-state index in [1.165, 1.54) is 24.4 Å². The number of H-pyrrole nitrogens is 1. The van der Waals surface area contributed by atoms with Crippen molar-refractivity contribution in [2.45, 2.75) is 29.9 Å². The number of benzene rings is 2. The number of nitrogens with zero attached hydrogens (tertiary/aromatic N) is 2. The van der Waals surface area contributed by atoms with Gasteiger partial charge in [-0.15, -0.1) is 0 Å². The molecule has 2 heterocycles. The van der Waals surface area contributed by atoms with Crippen molar-refractivity contribution < 1.29 is 23.0 Å². The van der Waals surface area contributed by atoms with Crippen molar-refractivity contribution in [1.82, 2.24) is 14.3 Å². The average molecular weight is 545 g/mol. The van der Waals surface area contributed by atoms with E-state index in [1.807, 2.05) is 0 Å². The first-order valence-corrected chi connectivity index (χ1v) is 12.4. The summed E-state index contributed by atoms with van der Waals surface area (Å²) in [6.07, 6.45) is 0.410. The predicted molar refractivity (Wildman–Crippen MR) is 122 cm³/mol. The van der Waals surface area contributed by atoms with Gasteiger partial charge in [0.05, 0.1) is 33.6 Å². The lowest BCUT2D eigenvalue weighted by molar-refractivity contribution is 0.144. The van der Waals surface area contributed by atoms with Crippen LogP contribution in [-0.2, 0) is 10.0 Å². The number of rotatable bonds is 4. The summed E-state index contributed by atoms with van der Waals surface area (Å²) in [6, 6.07) is 9.13. The maximum atomic E-state index is 13.9. The number of sulfonamides is 1. The minimum atomic E-state index is -4.08. The van der Waals surface area contributed by atoms with E-state index < -0.39 is 28.0 Å². The second-order valence-corrected chi connectivity index (χ2v) is 10.8. The van der Waals surface area contributed by atoms with E-state index in [1.54, 1.807) is 18.2 Å². The summed E-state index contributed by atoms with van der Waals surface area (Å²) >= 11 is 9.34. The SMILES string of the molecule is O=S(=O)(c1cc(-c2ncc(-c3ccc(Br)c(F)c3)[nH]2)ccc1Cl)N1C[C@H](O)CC[C@H](O)C1. The summed E-state index contributed by atoms with van der Waals surface area (Å²) in [5, 5.41) is 20.1. The Balaban J connectivity index is 1.69. The van der Waals surface area contributed by atoms with Crippen LogP contribution in [0.3, 0.4) is 0 Å². The zero-order valence-corrected chi connectivity index (χ0v) is 19.8. The number of hydrogen-bond acceptors (Lipinski definition) is 5. The summed E-state index contributed by atoms with van der Waals surface area (Å²) in [6.45, 7) is -0.250. The van der Waals surface area contributed by atoms with Crippen molar-refractivity contribution in [3.05, 3.63) is 57.9 Å². The molecule has 3 aromatic rings. The monoisotopic (exact) mass is 543 g/mol. The molecule has 3 N–H and O–H groups in total. The molecule has 0 aliphatic carbocycles. The summed E-state index contributed by atoms with van der Waals surface area (Å²) in [4.78, 5) is 7.22. The lowest BCUT2D eigenvalue weighted by atomic mass is 10.1. The second-order valence-electron chi connectivity index (χ2n) is 7.63. The summed E-state index contributed by atoms with van der Waals surface area (Å²) in [5.74, 6) is -0.0345. The van der Waals surface area contributed by atoms with Crippen LogP contribution in [0.25, 0.3) is 22.6 Å². The molecule has 32 heavy (non-hydrogen) atoms. The number of aromatic nitrogens is 2. The van der Waals surface area contributed by atoms with Gasteiger partial charge in [-0.1, -0.05) is 17.7 Å². The molecular weight excluding hydrogens is 525 g/mol. The van der Waals surface area contributed by atoms with Crippen LogP contribution in [0.4, 0.5) is 4.39 Å². The fourth-order valence-electron chi connectivity index (χ4n) is 3.57. The smallest absolute Gasteiger partial charge is 0.244 e. The highest BCUT2D eigenvalue weighted by Gasteiger charge is 2.33. The highest BCUT2D eigenvalue weighted by atomic mass is 79.9. The summed E-state index contributed by atoms with van der Waals surface area (Å²) < 4.78 is 41.8. The molecule has 1 saturated heterocycles. The maximum absolute atomic E-state index is 13.9. The molecule has 1 fully saturated rings. The van der Waals surface area contributed by atoms with Gasteiger partial charge in [-0.3, -0.25) is 0 Å². The molecular formula is C21H20BrClFN3O4S. The highest BCUT2D eigenvalue weighted by molar-refractivity contribution is 9.10. The normalized spacial score (nSPS) is 20.3. The zero-order valence-electron chi connectivity index (χ0n) is 16.7. The molecule has 2 atom stereocenters. The van der Waals surface area contributed by atoms with Gasteiger partial charge in [-0.2, -0.15) is 4.31 Å². The van der Waals surface area contributed by atoms with Crippen LogP contribution < -0.4 is 0 Å². The van der Waals surface area contributed by atoms with E-state index >= 15 is 0 Å². The van der Waals surface area contributed by atoms with Crippen LogP contribution in [0, 0.1) is 5.82 Å². The molecule has 1 aliphatic heterocycles. The fourth-order valence-corrected chi connectivity index (χ4v) is 5.84. The Morgan fingerprint density at radius 2 is 1.75 bits per heavy atom. The number of aromatic amines is 1. The Morgan fingerprint density at radius 3 is 2.41 bits per heavy atom. The first-order valence-electron chi connectivity index (χ1n) is 9.82. The van der Waals surface area contributed by atoms with Gasteiger partial charge in [0, 0.05) is 24.2 Å². The minimum absolute atomic E-state index is 0.0173. The molecule has 0 bridgehead atoms. The van der Waals surface area contributed by atoms with E-state index in [-0.39, 0.29) is 23.0 Å². The fraction of sp³-hybridized carbons (Fsp3) is 0.286. The number of halogens is 3. The van der Waals surface area contributed by atoms with Crippen LogP contribution in [0.1, 0.15) is 12.8 Å². The molecule has 1 aromatic heterocycles. The number of nitrogens with one attached hydrogen (secondary N) is 1. The van der Waals surface area contributed by atoms with Crippen molar-refractivity contribution in [2.24, 2.45) is 0 Å². The van der Waals surface area contributed by atoms with Crippen LogP contribution in [0.15, 0.2) is 52.0 Å². The third-order valence-electron chi connectivity index (χ3n) is 5.29. The van der Waals surface area contributed by atoms with Gasteiger partial charge in [0.25, 0.3) is 0 Å². The van der Waals surface area contributed by atoms with E-state index in [0.717, 1.165) is 4.31 Å². The molecule has 0 unspecified atom stereocenters. The van der Waals surface area contributed by atoms with Crippen molar-refractivity contribution in [2.75, 3.05) is 13.1 Å². The third kappa shape index (κ3) is 4.75. The molecule has 11 heteroatoms. The number of β-amino-alcohol motifs (C(OH)–C–C–N with tert-alkyl or cyclic N) is 2. The largest absolute Gasteiger partial charge is 0.392 e. The highest BCUT2D eigenvalue weighted by Crippen LogP contribution is 2.32. The molecule has 7 nitrogen and oxygen atoms in total. The molecule has 0 saturated carbocycles. The second kappa shape index (κ2) is 9.20. The molecule has 0 spiro atoms. The Bertz CT molecular complexity index is 1240. The molecule has 2 aromatic carbocycles. The van der Waals surface area contributed by atoms with Crippen LogP contribution in [0.2, 0.25) is 5.02 Å². The van der Waals surface area contributed by atoms with Gasteiger partial charge < -0.3 is 15.2 Å². The molecule has 0 amide bonds. The van der Waals surface area contributed by atoms with Gasteiger partial charge in [0.15, 0.2) is 0 Å². The zero-order chi connectivity index (χ0) is 23.0. The maximum Gasteiger partial charge on any atom is 0.244 e. The van der Waals surface area contributed by atoms with Crippen LogP contribution in [0.5, 0.6) is 0 Å². The van der Waals surface area contributed by atoms with Crippen molar-refractivity contribution in [3.8, 4) is 22.6 Å². The van der Waals surface area contributed by atoms with Gasteiger partial charge in [0.2, 0.25) is 10.0 Å².